The molecule has 10 heavy (non-hydrogen) atoms. The highest BCUT2D eigenvalue weighted by molar-refractivity contribution is 9.10. The van der Waals surface area contributed by atoms with Gasteiger partial charge in [0.25, 0.3) is 0 Å². The average molecular weight is 204 g/mol. The second-order valence-corrected chi connectivity index (χ2v) is 2.95. The van der Waals surface area contributed by atoms with Gasteiger partial charge in [-0.25, -0.2) is 0 Å². The maximum atomic E-state index is 4.83. The van der Waals surface area contributed by atoms with Crippen LogP contribution in [0.1, 0.15) is 25.3 Å². The Labute approximate surface area is 68.7 Å². The Hall–Kier alpha value is -0.310. The number of hydrogen-bond acceptors (Lipinski definition) is 2. The monoisotopic (exact) mass is 203 g/mol. The zero-order valence-electron chi connectivity index (χ0n) is 5.93. The Morgan fingerprint density at radius 1 is 1.70 bits per heavy atom. The van der Waals surface area contributed by atoms with Crippen molar-refractivity contribution < 1.29 is 4.52 Å². The third kappa shape index (κ3) is 1.84. The van der Waals surface area contributed by atoms with Gasteiger partial charge in [0.1, 0.15) is 0 Å². The van der Waals surface area contributed by atoms with Crippen LogP contribution >= 0.6 is 15.9 Å². The van der Waals surface area contributed by atoms with E-state index in [2.05, 4.69) is 28.0 Å². The molecule has 0 aliphatic heterocycles. The largest absolute Gasteiger partial charge is 0.349 e. The van der Waals surface area contributed by atoms with Crippen LogP contribution in [0.5, 0.6) is 0 Å². The van der Waals surface area contributed by atoms with Crippen molar-refractivity contribution >= 4 is 15.9 Å². The molecule has 1 aromatic heterocycles. The lowest BCUT2D eigenvalue weighted by molar-refractivity contribution is 0.398. The molecule has 1 aromatic rings. The molecular formula is C7H10BrNO. The normalized spacial score (nSPS) is 10.2. The minimum Gasteiger partial charge on any atom is -0.349 e. The first-order valence-corrected chi connectivity index (χ1v) is 4.23. The van der Waals surface area contributed by atoms with Crippen molar-refractivity contribution in [1.29, 1.82) is 0 Å². The number of aryl methyl sites for hydroxylation is 1. The van der Waals surface area contributed by atoms with Crippen LogP contribution in [0.25, 0.3) is 0 Å². The Morgan fingerprint density at radius 2 is 2.50 bits per heavy atom. The number of rotatable bonds is 3. The van der Waals surface area contributed by atoms with E-state index in [0.717, 1.165) is 11.1 Å². The molecule has 0 atom stereocenters. The van der Waals surface area contributed by atoms with Gasteiger partial charge in [-0.1, -0.05) is 18.5 Å². The minimum absolute atomic E-state index is 0.779. The molecule has 1 heterocycles. The summed E-state index contributed by atoms with van der Waals surface area (Å²) in [5, 5.41) is 3.65. The van der Waals surface area contributed by atoms with Crippen molar-refractivity contribution in [2.24, 2.45) is 0 Å². The third-order valence-electron chi connectivity index (χ3n) is 1.39. The molecule has 2 nitrogen and oxygen atoms in total. The van der Waals surface area contributed by atoms with Crippen molar-refractivity contribution in [2.45, 2.75) is 26.2 Å². The summed E-state index contributed by atoms with van der Waals surface area (Å²) in [4.78, 5) is 0. The number of unbranched alkanes of at least 4 members (excludes halogenated alkanes) is 1. The maximum Gasteiger partial charge on any atom is 0.205 e. The number of hydrogen-bond donors (Lipinski definition) is 0. The predicted octanol–water partition coefficient (Wildman–Crippen LogP) is 2.78. The van der Waals surface area contributed by atoms with Crippen LogP contribution in [0, 0.1) is 0 Å². The summed E-state index contributed by atoms with van der Waals surface area (Å²) in [5.74, 6) is 0. The zero-order valence-corrected chi connectivity index (χ0v) is 7.52. The number of halogens is 1. The molecule has 0 N–H and O–H groups in total. The van der Waals surface area contributed by atoms with Gasteiger partial charge in [0.15, 0.2) is 0 Å². The van der Waals surface area contributed by atoms with E-state index < -0.39 is 0 Å². The zero-order chi connectivity index (χ0) is 7.40. The van der Waals surface area contributed by atoms with Gasteiger partial charge in [0.05, 0.1) is 6.20 Å². The summed E-state index contributed by atoms with van der Waals surface area (Å²) in [6, 6.07) is 0. The smallest absolute Gasteiger partial charge is 0.205 e. The van der Waals surface area contributed by atoms with E-state index >= 15 is 0 Å². The van der Waals surface area contributed by atoms with Crippen LogP contribution in [0.4, 0.5) is 0 Å². The van der Waals surface area contributed by atoms with Gasteiger partial charge >= 0.3 is 0 Å². The predicted molar refractivity (Wildman–Crippen MR) is 42.8 cm³/mol. The van der Waals surface area contributed by atoms with Crippen LogP contribution in [0.15, 0.2) is 15.4 Å². The van der Waals surface area contributed by atoms with Crippen molar-refractivity contribution in [2.75, 3.05) is 0 Å². The van der Waals surface area contributed by atoms with Crippen molar-refractivity contribution in [3.63, 3.8) is 0 Å². The van der Waals surface area contributed by atoms with Gasteiger partial charge in [-0.15, -0.1) is 0 Å². The molecule has 0 saturated carbocycles. The summed E-state index contributed by atoms with van der Waals surface area (Å²) in [7, 11) is 0. The summed E-state index contributed by atoms with van der Waals surface area (Å²) in [6.07, 6.45) is 5.22. The van der Waals surface area contributed by atoms with Gasteiger partial charge in [-0.05, 0) is 28.8 Å². The first-order chi connectivity index (χ1) is 4.84. The Bertz CT molecular complexity index is 197. The molecule has 0 fully saturated rings. The molecule has 56 valence electrons. The lowest BCUT2D eigenvalue weighted by Crippen LogP contribution is -1.80. The Balaban J connectivity index is 2.49. The van der Waals surface area contributed by atoms with Gasteiger partial charge < -0.3 is 4.52 Å². The fourth-order valence-corrected chi connectivity index (χ4v) is 1.16. The average Bonchev–Trinajstić information content (AvgIpc) is 2.31. The fraction of sp³-hybridized carbons (Fsp3) is 0.571. The van der Waals surface area contributed by atoms with Crippen LogP contribution in [-0.2, 0) is 6.42 Å². The van der Waals surface area contributed by atoms with Gasteiger partial charge in [0.2, 0.25) is 4.67 Å². The molecule has 0 spiro atoms. The second-order valence-electron chi connectivity index (χ2n) is 2.23. The quantitative estimate of drug-likeness (QED) is 0.756. The van der Waals surface area contributed by atoms with E-state index in [-0.39, 0.29) is 0 Å². The topological polar surface area (TPSA) is 26.0 Å². The second kappa shape index (κ2) is 3.76. The highest BCUT2D eigenvalue weighted by atomic mass is 79.9. The van der Waals surface area contributed by atoms with E-state index in [1.54, 1.807) is 6.20 Å². The van der Waals surface area contributed by atoms with Crippen molar-refractivity contribution in [1.82, 2.24) is 5.16 Å². The first kappa shape index (κ1) is 7.79. The van der Waals surface area contributed by atoms with E-state index in [1.807, 2.05) is 0 Å². The standard InChI is InChI=1S/C7H10BrNO/c1-2-3-4-6-5-9-10-7(6)8/h5H,2-4H2,1H3. The van der Waals surface area contributed by atoms with E-state index in [9.17, 15) is 0 Å². The van der Waals surface area contributed by atoms with E-state index in [1.165, 1.54) is 18.4 Å². The first-order valence-electron chi connectivity index (χ1n) is 3.43. The molecule has 0 aliphatic rings. The lowest BCUT2D eigenvalue weighted by atomic mass is 10.2. The van der Waals surface area contributed by atoms with Crippen molar-refractivity contribution in [3.05, 3.63) is 16.4 Å². The SMILES string of the molecule is CCCCc1cnoc1Br. The van der Waals surface area contributed by atoms with Crippen LogP contribution in [0.2, 0.25) is 0 Å². The molecule has 0 aliphatic carbocycles. The molecule has 0 saturated heterocycles. The summed E-state index contributed by atoms with van der Waals surface area (Å²) < 4.78 is 5.61. The number of aromatic nitrogens is 1. The Morgan fingerprint density at radius 3 is 3.00 bits per heavy atom. The molecule has 0 aromatic carbocycles. The van der Waals surface area contributed by atoms with E-state index in [4.69, 9.17) is 4.52 Å². The molecular weight excluding hydrogens is 194 g/mol. The molecule has 0 unspecified atom stereocenters. The molecule has 3 heteroatoms. The van der Waals surface area contributed by atoms with Crippen molar-refractivity contribution in [3.8, 4) is 0 Å². The summed E-state index contributed by atoms with van der Waals surface area (Å²) in [6.45, 7) is 2.17. The third-order valence-corrected chi connectivity index (χ3v) is 2.05. The highest BCUT2D eigenvalue weighted by Gasteiger charge is 2.01. The molecule has 0 amide bonds. The van der Waals surface area contributed by atoms with Crippen LogP contribution in [0.3, 0.4) is 0 Å². The number of nitrogens with zero attached hydrogens (tertiary/aromatic N) is 1. The fourth-order valence-electron chi connectivity index (χ4n) is 0.776. The van der Waals surface area contributed by atoms with E-state index in [0.29, 0.717) is 0 Å². The Kier molecular flexibility index (Phi) is 2.93. The summed E-state index contributed by atoms with van der Waals surface area (Å²) >= 11 is 3.27. The van der Waals surface area contributed by atoms with Gasteiger partial charge in [-0.3, -0.25) is 0 Å². The van der Waals surface area contributed by atoms with Crippen LogP contribution in [-0.4, -0.2) is 5.16 Å². The van der Waals surface area contributed by atoms with Gasteiger partial charge in [-0.2, -0.15) is 0 Å². The molecule has 0 bridgehead atoms. The maximum absolute atomic E-state index is 4.83. The minimum atomic E-state index is 0.779. The van der Waals surface area contributed by atoms with Gasteiger partial charge in [0, 0.05) is 5.56 Å². The summed E-state index contributed by atoms with van der Waals surface area (Å²) in [5.41, 5.74) is 1.17. The molecule has 1 rings (SSSR count). The highest BCUT2D eigenvalue weighted by Crippen LogP contribution is 2.17. The lowest BCUT2D eigenvalue weighted by Gasteiger charge is -1.91. The van der Waals surface area contributed by atoms with Crippen LogP contribution < -0.4 is 0 Å². The molecule has 0 radical (unpaired) electrons.